The molecule has 0 saturated carbocycles. The van der Waals surface area contributed by atoms with Crippen molar-refractivity contribution < 1.29 is 19.4 Å². The molecule has 1 amide bonds. The van der Waals surface area contributed by atoms with Gasteiger partial charge in [-0.1, -0.05) is 16.8 Å². The Labute approximate surface area is 163 Å². The Balaban J connectivity index is 1.85. The van der Waals surface area contributed by atoms with Gasteiger partial charge in [0.05, 0.1) is 20.3 Å². The first-order chi connectivity index (χ1) is 13.4. The van der Waals surface area contributed by atoms with Gasteiger partial charge in [-0.15, -0.1) is 5.10 Å². The van der Waals surface area contributed by atoms with Crippen molar-refractivity contribution in [1.29, 1.82) is 0 Å². The molecule has 0 atom stereocenters. The molecule has 3 aromatic rings. The average Bonchev–Trinajstić information content (AvgIpc) is 3.23. The van der Waals surface area contributed by atoms with E-state index in [9.17, 15) is 9.90 Å². The van der Waals surface area contributed by atoms with Crippen LogP contribution < -0.4 is 16.1 Å². The van der Waals surface area contributed by atoms with Crippen LogP contribution in [0.15, 0.2) is 27.9 Å². The van der Waals surface area contributed by atoms with Crippen LogP contribution in [0.5, 0.6) is 5.75 Å². The summed E-state index contributed by atoms with van der Waals surface area (Å²) in [7, 11) is 3.78. The number of quaternary nitrogens is 1. The minimum Gasteiger partial charge on any atom is -0.507 e. The first kappa shape index (κ1) is 19.3. The number of hydrogen-bond donors (Lipinski definition) is 4. The van der Waals surface area contributed by atoms with E-state index >= 15 is 0 Å². The molecule has 0 bridgehead atoms. The van der Waals surface area contributed by atoms with E-state index in [1.165, 1.54) is 29.1 Å². The van der Waals surface area contributed by atoms with Crippen molar-refractivity contribution in [2.45, 2.75) is 6.54 Å². The van der Waals surface area contributed by atoms with Crippen molar-refractivity contribution in [3.63, 3.8) is 0 Å². The highest BCUT2D eigenvalue weighted by molar-refractivity contribution is 6.30. The molecule has 5 N–H and O–H groups in total. The zero-order chi connectivity index (χ0) is 20.3. The molecule has 1 aromatic carbocycles. The van der Waals surface area contributed by atoms with Crippen molar-refractivity contribution in [2.24, 2.45) is 5.10 Å². The number of amides is 1. The number of nitrogens with one attached hydrogen (secondary N) is 2. The SMILES string of the molecule is C[NH+](C)Cc1c(C(=O)NN=Cc2cc(Cl)ccc2O)nnn1-c1nonc1N. The number of nitrogens with two attached hydrogens (primary N) is 1. The maximum atomic E-state index is 12.5. The summed E-state index contributed by atoms with van der Waals surface area (Å²) in [5.41, 5.74) is 8.88. The molecule has 2 aromatic heterocycles. The molecule has 0 aliphatic heterocycles. The fourth-order valence-electron chi connectivity index (χ4n) is 2.32. The van der Waals surface area contributed by atoms with E-state index in [0.717, 1.165) is 4.90 Å². The highest BCUT2D eigenvalue weighted by Crippen LogP contribution is 2.19. The first-order valence-electron chi connectivity index (χ1n) is 8.00. The van der Waals surface area contributed by atoms with Gasteiger partial charge in [-0.05, 0) is 28.5 Å². The number of benzene rings is 1. The molecular weight excluding hydrogens is 390 g/mol. The molecule has 13 heteroatoms. The lowest BCUT2D eigenvalue weighted by atomic mass is 10.2. The highest BCUT2D eigenvalue weighted by Gasteiger charge is 2.25. The van der Waals surface area contributed by atoms with Gasteiger partial charge < -0.3 is 15.7 Å². The van der Waals surface area contributed by atoms with Crippen LogP contribution in [0.1, 0.15) is 21.7 Å². The molecule has 2 heterocycles. The predicted molar refractivity (Wildman–Crippen MR) is 98.3 cm³/mol. The molecule has 0 fully saturated rings. The highest BCUT2D eigenvalue weighted by atomic mass is 35.5. The fraction of sp³-hybridized carbons (Fsp3) is 0.200. The van der Waals surface area contributed by atoms with Crippen LogP contribution in [-0.2, 0) is 6.54 Å². The van der Waals surface area contributed by atoms with Gasteiger partial charge in [0.15, 0.2) is 5.69 Å². The van der Waals surface area contributed by atoms with Gasteiger partial charge in [-0.25, -0.2) is 10.1 Å². The maximum Gasteiger partial charge on any atom is 0.294 e. The van der Waals surface area contributed by atoms with Gasteiger partial charge in [-0.2, -0.15) is 9.78 Å². The smallest absolute Gasteiger partial charge is 0.294 e. The second-order valence-corrected chi connectivity index (χ2v) is 6.49. The molecule has 0 spiro atoms. The fourth-order valence-corrected chi connectivity index (χ4v) is 2.50. The molecular formula is C15H17ClN9O3+. The Morgan fingerprint density at radius 3 is 2.93 bits per heavy atom. The Hall–Kier alpha value is -3.51. The lowest BCUT2D eigenvalue weighted by Crippen LogP contribution is -3.04. The number of aromatic nitrogens is 5. The van der Waals surface area contributed by atoms with Crippen molar-refractivity contribution in [1.82, 2.24) is 30.7 Å². The van der Waals surface area contributed by atoms with E-state index < -0.39 is 5.91 Å². The van der Waals surface area contributed by atoms with Crippen molar-refractivity contribution >= 4 is 29.5 Å². The third-order valence-corrected chi connectivity index (χ3v) is 3.79. The summed E-state index contributed by atoms with van der Waals surface area (Å²) in [4.78, 5) is 13.5. The van der Waals surface area contributed by atoms with E-state index in [-0.39, 0.29) is 23.1 Å². The van der Waals surface area contributed by atoms with E-state index in [2.05, 4.69) is 35.8 Å². The van der Waals surface area contributed by atoms with Gasteiger partial charge in [-0.3, -0.25) is 4.79 Å². The number of nitrogens with zero attached hydrogens (tertiary/aromatic N) is 6. The zero-order valence-corrected chi connectivity index (χ0v) is 15.7. The summed E-state index contributed by atoms with van der Waals surface area (Å²) in [6.45, 7) is 0.390. The van der Waals surface area contributed by atoms with Crippen molar-refractivity contribution in [2.75, 3.05) is 19.8 Å². The third-order valence-electron chi connectivity index (χ3n) is 3.55. The number of rotatable bonds is 6. The molecule has 28 heavy (non-hydrogen) atoms. The van der Waals surface area contributed by atoms with Crippen molar-refractivity contribution in [3.05, 3.63) is 40.2 Å². The topological polar surface area (TPSA) is 162 Å². The third kappa shape index (κ3) is 4.07. The molecule has 146 valence electrons. The largest absolute Gasteiger partial charge is 0.507 e. The van der Waals surface area contributed by atoms with Gasteiger partial charge in [0.25, 0.3) is 5.91 Å². The number of carbonyl (C=O) groups excluding carboxylic acids is 1. The summed E-state index contributed by atoms with van der Waals surface area (Å²) in [5, 5.41) is 29.0. The molecule has 0 aliphatic rings. The van der Waals surface area contributed by atoms with Crippen LogP contribution in [0.3, 0.4) is 0 Å². The molecule has 0 radical (unpaired) electrons. The van der Waals surface area contributed by atoms with Crippen LogP contribution in [0.25, 0.3) is 5.82 Å². The Morgan fingerprint density at radius 1 is 1.46 bits per heavy atom. The van der Waals surface area contributed by atoms with Crippen molar-refractivity contribution in [3.8, 4) is 11.6 Å². The number of hydrogen-bond acceptors (Lipinski definition) is 9. The first-order valence-corrected chi connectivity index (χ1v) is 8.38. The monoisotopic (exact) mass is 406 g/mol. The van der Waals surface area contributed by atoms with Crippen LogP contribution in [-0.4, -0.2) is 56.6 Å². The van der Waals surface area contributed by atoms with E-state index in [0.29, 0.717) is 22.8 Å². The summed E-state index contributed by atoms with van der Waals surface area (Å²) in [5.74, 6) is -0.481. The number of carbonyl (C=O) groups is 1. The van der Waals surface area contributed by atoms with Gasteiger partial charge in [0, 0.05) is 10.6 Å². The summed E-state index contributed by atoms with van der Waals surface area (Å²) >= 11 is 5.88. The number of aromatic hydroxyl groups is 1. The maximum absolute atomic E-state index is 12.5. The van der Waals surface area contributed by atoms with Crippen LogP contribution >= 0.6 is 11.6 Å². The van der Waals surface area contributed by atoms with E-state index in [1.54, 1.807) is 0 Å². The number of phenols is 1. The van der Waals surface area contributed by atoms with Crippen LogP contribution in [0.4, 0.5) is 5.82 Å². The molecule has 0 aliphatic carbocycles. The second kappa shape index (κ2) is 8.02. The molecule has 0 unspecified atom stereocenters. The molecule has 0 saturated heterocycles. The molecule has 12 nitrogen and oxygen atoms in total. The van der Waals surface area contributed by atoms with Crippen LogP contribution in [0.2, 0.25) is 5.02 Å². The minimum atomic E-state index is -0.602. The summed E-state index contributed by atoms with van der Waals surface area (Å²) < 4.78 is 5.88. The quantitative estimate of drug-likeness (QED) is 0.299. The Kier molecular flexibility index (Phi) is 5.52. The van der Waals surface area contributed by atoms with Gasteiger partial charge in [0.1, 0.15) is 18.0 Å². The number of nitrogen functional groups attached to an aromatic ring is 1. The minimum absolute atomic E-state index is 0.0151. The summed E-state index contributed by atoms with van der Waals surface area (Å²) in [6, 6.07) is 4.46. The Morgan fingerprint density at radius 2 is 2.25 bits per heavy atom. The predicted octanol–water partition coefficient (Wildman–Crippen LogP) is -1.00. The van der Waals surface area contributed by atoms with E-state index in [4.69, 9.17) is 17.3 Å². The van der Waals surface area contributed by atoms with Gasteiger partial charge in [0.2, 0.25) is 11.6 Å². The lowest BCUT2D eigenvalue weighted by molar-refractivity contribution is -0.873. The summed E-state index contributed by atoms with van der Waals surface area (Å²) in [6.07, 6.45) is 1.26. The Bertz CT molecular complexity index is 1030. The van der Waals surface area contributed by atoms with Gasteiger partial charge >= 0.3 is 0 Å². The lowest BCUT2D eigenvalue weighted by Gasteiger charge is -2.08. The zero-order valence-electron chi connectivity index (χ0n) is 14.9. The number of anilines is 1. The average molecular weight is 407 g/mol. The second-order valence-electron chi connectivity index (χ2n) is 6.06. The number of phenolic OH excluding ortho intramolecular Hbond substituents is 1. The normalized spacial score (nSPS) is 11.4. The van der Waals surface area contributed by atoms with E-state index in [1.807, 2.05) is 14.1 Å². The molecule has 3 rings (SSSR count). The van der Waals surface area contributed by atoms with Crippen LogP contribution in [0, 0.1) is 0 Å². The number of hydrazone groups is 1. The standard InChI is InChI=1S/C15H16ClN9O3/c1-24(2)7-10-12(19-23-25(10)14-13(17)21-28-22-14)15(27)20-18-6-8-5-9(16)3-4-11(8)26/h3-6,26H,7H2,1-2H3,(H2,17,21)(H,20,27)/p+1. The number of halogens is 1.